The van der Waals surface area contributed by atoms with Crippen molar-refractivity contribution in [3.05, 3.63) is 388 Å². The monoisotopic (exact) mass is 1320 g/mol. The van der Waals surface area contributed by atoms with E-state index < -0.39 is 0 Å². The van der Waals surface area contributed by atoms with Crippen LogP contribution < -0.4 is 26.2 Å². The first kappa shape index (κ1) is 59.3. The maximum Gasteiger partial charge on any atom is 0.252 e. The zero-order valence-corrected chi connectivity index (χ0v) is 56.9. The molecule has 19 aromatic rings. The van der Waals surface area contributed by atoms with E-state index >= 15 is 0 Å². The van der Waals surface area contributed by atoms with E-state index in [1.54, 1.807) is 0 Å². The van der Waals surface area contributed by atoms with Gasteiger partial charge in [0.2, 0.25) is 0 Å². The zero-order valence-electron chi connectivity index (χ0n) is 56.9. The van der Waals surface area contributed by atoms with E-state index in [1.807, 2.05) is 0 Å². The number of aromatic nitrogens is 1. The molecule has 3 nitrogen and oxygen atoms in total. The van der Waals surface area contributed by atoms with E-state index in [9.17, 15) is 0 Å². The summed E-state index contributed by atoms with van der Waals surface area (Å²) in [5.74, 6) is 0. The predicted octanol–water partition coefficient (Wildman–Crippen LogP) is 25.1. The van der Waals surface area contributed by atoms with Gasteiger partial charge in [-0.2, -0.15) is 0 Å². The van der Waals surface area contributed by atoms with E-state index in [4.69, 9.17) is 0 Å². The van der Waals surface area contributed by atoms with Crippen molar-refractivity contribution in [2.45, 2.75) is 0 Å². The molecule has 0 saturated carbocycles. The number of anilines is 6. The number of rotatable bonds is 11. The molecule has 2 aliphatic rings. The molecule has 0 fully saturated rings. The van der Waals surface area contributed by atoms with E-state index in [1.165, 1.54) is 65.0 Å². The molecular formula is C100H64BN3. The average Bonchev–Trinajstić information content (AvgIpc) is 0.797. The highest BCUT2D eigenvalue weighted by molar-refractivity contribution is 7.00. The first-order valence-electron chi connectivity index (χ1n) is 36.1. The summed E-state index contributed by atoms with van der Waals surface area (Å²) in [5.41, 5.74) is 31.8. The number of para-hydroxylation sites is 2. The number of fused-ring (bicyclic) bond motifs is 7. The topological polar surface area (TPSA) is 11.4 Å². The highest BCUT2D eigenvalue weighted by Gasteiger charge is 2.46. The Morgan fingerprint density at radius 2 is 0.596 bits per heavy atom. The molecule has 0 aliphatic carbocycles. The number of nitrogens with zero attached hydrogens (tertiary/aromatic N) is 3. The van der Waals surface area contributed by atoms with E-state index in [2.05, 4.69) is 403 Å². The minimum Gasteiger partial charge on any atom is -0.310 e. The fourth-order valence-corrected chi connectivity index (χ4v) is 17.5. The summed E-state index contributed by atoms with van der Waals surface area (Å²) in [7, 11) is 0. The van der Waals surface area contributed by atoms with Crippen LogP contribution in [-0.4, -0.2) is 11.3 Å². The summed E-state index contributed by atoms with van der Waals surface area (Å²) >= 11 is 0. The number of hydrogen-bond acceptors (Lipinski definition) is 2. The molecule has 0 N–H and O–H groups in total. The number of hydrogen-bond donors (Lipinski definition) is 0. The lowest BCUT2D eigenvalue weighted by atomic mass is 9.33. The van der Waals surface area contributed by atoms with Crippen LogP contribution in [-0.2, 0) is 0 Å². The van der Waals surface area contributed by atoms with Crippen molar-refractivity contribution in [2.24, 2.45) is 0 Å². The summed E-state index contributed by atoms with van der Waals surface area (Å²) in [6.07, 6.45) is 0. The first-order chi connectivity index (χ1) is 51.6. The third kappa shape index (κ3) is 9.46. The van der Waals surface area contributed by atoms with Crippen LogP contribution in [0.4, 0.5) is 34.1 Å². The van der Waals surface area contributed by atoms with Crippen LogP contribution in [0, 0.1) is 0 Å². The van der Waals surface area contributed by atoms with Gasteiger partial charge in [0.15, 0.2) is 0 Å². The van der Waals surface area contributed by atoms with Crippen LogP contribution >= 0.6 is 0 Å². The van der Waals surface area contributed by atoms with Crippen molar-refractivity contribution in [3.63, 3.8) is 0 Å². The van der Waals surface area contributed by atoms with Crippen molar-refractivity contribution in [1.82, 2.24) is 4.57 Å². The maximum absolute atomic E-state index is 2.72. The van der Waals surface area contributed by atoms with Gasteiger partial charge in [-0.05, 0) is 176 Å². The lowest BCUT2D eigenvalue weighted by molar-refractivity contribution is 1.16. The largest absolute Gasteiger partial charge is 0.310 e. The molecule has 0 spiro atoms. The van der Waals surface area contributed by atoms with Crippen LogP contribution in [0.25, 0.3) is 149 Å². The standard InChI is InChI=1S/C100H64BN3/c1-8-27-65(28-9-1)75-52-56-92-89(61-75)101-88-55-51-76(80-53-49-74-48-47-72-41-26-42-73-50-54-83(80)97(74)96(72)73)62-93(88)104(100-86(70-37-18-6-19-38-70)59-78(67-31-12-3-13-32-67)60-87(100)71-39-20-7-21-40-71)95-64-79(102-90-45-24-22-43-81(90)82-44-23-25-46-91(82)102)63-94(98(95)101)103(92)99-84(68-33-14-4-15-34-68)57-77(66-29-10-2-11-30-66)58-85(99)69-35-16-5-17-36-69/h1-64H. The Bertz CT molecular complexity index is 6380. The molecule has 2 aliphatic heterocycles. The molecule has 0 amide bonds. The summed E-state index contributed by atoms with van der Waals surface area (Å²) in [6.45, 7) is -0.281. The van der Waals surface area contributed by atoms with Gasteiger partial charge < -0.3 is 14.4 Å². The minimum absolute atomic E-state index is 0.281. The molecular weight excluding hydrogens is 1250 g/mol. The summed E-state index contributed by atoms with van der Waals surface area (Å²) in [6, 6.07) is 146. The number of benzene rings is 18. The molecule has 0 atom stereocenters. The van der Waals surface area contributed by atoms with Gasteiger partial charge in [0, 0.05) is 55.8 Å². The van der Waals surface area contributed by atoms with Crippen LogP contribution in [0.15, 0.2) is 388 Å². The van der Waals surface area contributed by atoms with Gasteiger partial charge in [0.05, 0.1) is 28.1 Å². The van der Waals surface area contributed by atoms with Gasteiger partial charge in [0.1, 0.15) is 0 Å². The molecule has 4 heteroatoms. The Morgan fingerprint density at radius 3 is 1.08 bits per heavy atom. The summed E-state index contributed by atoms with van der Waals surface area (Å²) in [5, 5.41) is 9.98. The molecule has 0 unspecified atom stereocenters. The first-order valence-corrected chi connectivity index (χ1v) is 36.1. The highest BCUT2D eigenvalue weighted by atomic mass is 15.2. The molecule has 3 heterocycles. The van der Waals surface area contributed by atoms with E-state index in [0.29, 0.717) is 0 Å². The van der Waals surface area contributed by atoms with Crippen LogP contribution in [0.3, 0.4) is 0 Å². The van der Waals surface area contributed by atoms with Gasteiger partial charge in [-0.1, -0.05) is 328 Å². The minimum atomic E-state index is -0.281. The van der Waals surface area contributed by atoms with Crippen LogP contribution in [0.2, 0.25) is 0 Å². The van der Waals surface area contributed by atoms with Gasteiger partial charge in [-0.15, -0.1) is 0 Å². The van der Waals surface area contributed by atoms with Gasteiger partial charge in [-0.3, -0.25) is 0 Å². The van der Waals surface area contributed by atoms with Gasteiger partial charge in [-0.25, -0.2) is 0 Å². The molecule has 1 aromatic heterocycles. The highest BCUT2D eigenvalue weighted by Crippen LogP contribution is 2.56. The second-order valence-corrected chi connectivity index (χ2v) is 27.8. The second-order valence-electron chi connectivity index (χ2n) is 27.8. The third-order valence-electron chi connectivity index (χ3n) is 22.1. The van der Waals surface area contributed by atoms with Crippen LogP contribution in [0.1, 0.15) is 0 Å². The van der Waals surface area contributed by atoms with Crippen molar-refractivity contribution >= 4 is 111 Å². The molecule has 104 heavy (non-hydrogen) atoms. The lowest BCUT2D eigenvalue weighted by Gasteiger charge is -2.46. The molecule has 0 radical (unpaired) electrons. The predicted molar refractivity (Wildman–Crippen MR) is 442 cm³/mol. The zero-order chi connectivity index (χ0) is 68.3. The van der Waals surface area contributed by atoms with Crippen molar-refractivity contribution < 1.29 is 0 Å². The van der Waals surface area contributed by atoms with Gasteiger partial charge in [0.25, 0.3) is 6.71 Å². The molecule has 482 valence electrons. The Morgan fingerprint density at radius 1 is 0.202 bits per heavy atom. The molecule has 0 bridgehead atoms. The Labute approximate surface area is 604 Å². The molecule has 0 saturated heterocycles. The van der Waals surface area contributed by atoms with Crippen LogP contribution in [0.5, 0.6) is 0 Å². The lowest BCUT2D eigenvalue weighted by Crippen LogP contribution is -2.61. The van der Waals surface area contributed by atoms with Crippen molar-refractivity contribution in [2.75, 3.05) is 9.80 Å². The Hall–Kier alpha value is -13.5. The summed E-state index contributed by atoms with van der Waals surface area (Å²) < 4.78 is 2.54. The second kappa shape index (κ2) is 24.1. The fourth-order valence-electron chi connectivity index (χ4n) is 17.5. The van der Waals surface area contributed by atoms with Gasteiger partial charge >= 0.3 is 0 Å². The average molecular weight is 1320 g/mol. The summed E-state index contributed by atoms with van der Waals surface area (Å²) in [4.78, 5) is 5.41. The maximum atomic E-state index is 2.72. The smallest absolute Gasteiger partial charge is 0.252 e. The molecule has 18 aromatic carbocycles. The SMILES string of the molecule is c1ccc(-c2ccc3c(c2)B2c4ccc(-c5ccc6ccc7cccc8ccc5c6c78)cc4N(c4c(-c5ccccc5)cc(-c5ccccc5)cc4-c4ccccc4)c4cc(-n5c6ccccc6c6ccccc65)cc(c42)N3c2c(-c3ccccc3)cc(-c3ccccc3)cc2-c2ccccc2)cc1. The van der Waals surface area contributed by atoms with Crippen molar-refractivity contribution in [1.29, 1.82) is 0 Å². The normalized spacial score (nSPS) is 12.4. The van der Waals surface area contributed by atoms with Crippen molar-refractivity contribution in [3.8, 4) is 94.7 Å². The van der Waals surface area contributed by atoms with E-state index in [0.717, 1.165) is 134 Å². The Kier molecular flexibility index (Phi) is 13.7. The fraction of sp³-hybridized carbons (Fsp3) is 0. The molecule has 21 rings (SSSR count). The quantitative estimate of drug-likeness (QED) is 0.0944. The Balaban J connectivity index is 0.963. The van der Waals surface area contributed by atoms with E-state index in [-0.39, 0.29) is 6.71 Å². The third-order valence-corrected chi connectivity index (χ3v) is 22.1.